The summed E-state index contributed by atoms with van der Waals surface area (Å²) in [5.41, 5.74) is 1.11. The van der Waals surface area contributed by atoms with E-state index in [9.17, 15) is 14.4 Å². The summed E-state index contributed by atoms with van der Waals surface area (Å²) in [5, 5.41) is 2.60. The second kappa shape index (κ2) is 11.2. The van der Waals surface area contributed by atoms with Crippen LogP contribution in [0.3, 0.4) is 0 Å². The largest absolute Gasteiger partial charge is 0.515 e. The van der Waals surface area contributed by atoms with Crippen molar-refractivity contribution in [3.8, 4) is 5.75 Å². The number of rotatable bonds is 7. The number of allylic oxidation sites excluding steroid dienone is 2. The lowest BCUT2D eigenvalue weighted by Crippen LogP contribution is -2.22. The predicted molar refractivity (Wildman–Crippen MR) is 103 cm³/mol. The zero-order chi connectivity index (χ0) is 20.2. The predicted octanol–water partition coefficient (Wildman–Crippen LogP) is 2.78. The number of hydrogen-bond donors (Lipinski definition) is 1. The summed E-state index contributed by atoms with van der Waals surface area (Å²) in [6.45, 7) is 2.94. The molecule has 0 saturated heterocycles. The van der Waals surface area contributed by atoms with Gasteiger partial charge in [0.2, 0.25) is 5.91 Å². The fourth-order valence-corrected chi connectivity index (χ4v) is 1.83. The van der Waals surface area contributed by atoms with E-state index in [0.29, 0.717) is 11.3 Å². The third kappa shape index (κ3) is 8.48. The van der Waals surface area contributed by atoms with E-state index in [2.05, 4.69) is 10.3 Å². The number of carbonyl (C=O) groups excluding carboxylic acids is 3. The van der Waals surface area contributed by atoms with Crippen LogP contribution >= 0.6 is 0 Å². The van der Waals surface area contributed by atoms with Crippen molar-refractivity contribution in [3.63, 3.8) is 0 Å². The summed E-state index contributed by atoms with van der Waals surface area (Å²) in [5.74, 6) is -0.0352. The van der Waals surface area contributed by atoms with Crippen LogP contribution in [0.1, 0.15) is 13.8 Å². The van der Waals surface area contributed by atoms with Gasteiger partial charge in [-0.1, -0.05) is 6.08 Å². The van der Waals surface area contributed by atoms with Gasteiger partial charge in [-0.05, 0) is 43.3 Å². The minimum Gasteiger partial charge on any atom is -0.411 e. The Balaban J connectivity index is 2.40. The molecule has 0 heterocycles. The highest BCUT2D eigenvalue weighted by atomic mass is 16.7. The molecule has 0 bridgehead atoms. The zero-order valence-electron chi connectivity index (χ0n) is 15.8. The van der Waals surface area contributed by atoms with Crippen LogP contribution in [0.4, 0.5) is 10.5 Å². The van der Waals surface area contributed by atoms with Crippen molar-refractivity contribution in [2.75, 3.05) is 26.1 Å². The van der Waals surface area contributed by atoms with Crippen molar-refractivity contribution in [2.45, 2.75) is 13.8 Å². The molecule has 0 spiro atoms. The van der Waals surface area contributed by atoms with E-state index < -0.39 is 6.16 Å². The number of aliphatic imine (C=N–C) groups is 1. The molecular formula is C19H23N3O5. The molecule has 0 unspecified atom stereocenters. The number of ether oxygens (including phenoxy) is 2. The third-order valence-corrected chi connectivity index (χ3v) is 3.06. The van der Waals surface area contributed by atoms with Gasteiger partial charge in [-0.2, -0.15) is 0 Å². The van der Waals surface area contributed by atoms with Gasteiger partial charge in [0.25, 0.3) is 5.91 Å². The maximum atomic E-state index is 11.8. The van der Waals surface area contributed by atoms with E-state index >= 15 is 0 Å². The summed E-state index contributed by atoms with van der Waals surface area (Å²) >= 11 is 0. The molecule has 8 heteroatoms. The first-order valence-electron chi connectivity index (χ1n) is 8.10. The second-order valence-electron chi connectivity index (χ2n) is 5.47. The van der Waals surface area contributed by atoms with Crippen LogP contribution in [0.25, 0.3) is 0 Å². The number of likely N-dealkylation sites (N-methyl/N-ethyl adjacent to an activating group) is 1. The first-order chi connectivity index (χ1) is 12.8. The number of hydrogen-bond acceptors (Lipinski definition) is 6. The van der Waals surface area contributed by atoms with Gasteiger partial charge in [-0.15, -0.1) is 0 Å². The van der Waals surface area contributed by atoms with Crippen LogP contribution in [0.15, 0.2) is 53.1 Å². The Morgan fingerprint density at radius 2 is 1.85 bits per heavy atom. The normalized spacial score (nSPS) is 11.5. The van der Waals surface area contributed by atoms with Crippen LogP contribution in [0.5, 0.6) is 5.75 Å². The Bertz CT molecular complexity index is 749. The molecule has 1 aromatic carbocycles. The van der Waals surface area contributed by atoms with Crippen LogP contribution in [-0.4, -0.2) is 49.9 Å². The molecule has 1 aromatic rings. The second-order valence-corrected chi connectivity index (χ2v) is 5.47. The Morgan fingerprint density at radius 3 is 2.41 bits per heavy atom. The van der Waals surface area contributed by atoms with Crippen LogP contribution in [0.2, 0.25) is 0 Å². The minimum absolute atomic E-state index is 0.119. The van der Waals surface area contributed by atoms with Crippen LogP contribution in [-0.2, 0) is 14.3 Å². The number of nitrogens with one attached hydrogen (secondary N) is 1. The summed E-state index contributed by atoms with van der Waals surface area (Å²) in [4.78, 5) is 39.6. The first kappa shape index (κ1) is 21.6. The van der Waals surface area contributed by atoms with Gasteiger partial charge < -0.3 is 19.7 Å². The van der Waals surface area contributed by atoms with E-state index in [0.717, 1.165) is 0 Å². The fraction of sp³-hybridized carbons (Fsp3) is 0.263. The lowest BCUT2D eigenvalue weighted by molar-refractivity contribution is -0.124. The highest BCUT2D eigenvalue weighted by Crippen LogP contribution is 2.16. The highest BCUT2D eigenvalue weighted by Gasteiger charge is 2.07. The van der Waals surface area contributed by atoms with E-state index in [4.69, 9.17) is 9.47 Å². The first-order valence-corrected chi connectivity index (χ1v) is 8.10. The van der Waals surface area contributed by atoms with E-state index in [1.807, 2.05) is 0 Å². The van der Waals surface area contributed by atoms with Crippen molar-refractivity contribution < 1.29 is 23.9 Å². The van der Waals surface area contributed by atoms with E-state index in [1.165, 1.54) is 30.2 Å². The van der Waals surface area contributed by atoms with Gasteiger partial charge in [0.05, 0.1) is 0 Å². The van der Waals surface area contributed by atoms with Gasteiger partial charge in [-0.25, -0.2) is 4.79 Å². The monoisotopic (exact) mass is 373 g/mol. The Labute approximate surface area is 158 Å². The van der Waals surface area contributed by atoms with Gasteiger partial charge in [0.1, 0.15) is 5.75 Å². The van der Waals surface area contributed by atoms with Gasteiger partial charge in [0.15, 0.2) is 6.73 Å². The molecule has 27 heavy (non-hydrogen) atoms. The molecule has 8 nitrogen and oxygen atoms in total. The number of nitrogens with zero attached hydrogens (tertiary/aromatic N) is 2. The number of carbonyl (C=O) groups is 3. The maximum absolute atomic E-state index is 11.8. The molecule has 0 aliphatic rings. The summed E-state index contributed by atoms with van der Waals surface area (Å²) in [6, 6.07) is 6.25. The minimum atomic E-state index is -0.902. The Morgan fingerprint density at radius 1 is 1.19 bits per heavy atom. The average molecular weight is 373 g/mol. The van der Waals surface area contributed by atoms with Gasteiger partial charge in [-0.3, -0.25) is 14.6 Å². The molecule has 0 aliphatic heterocycles. The topological polar surface area (TPSA) is 97.3 Å². The Hall–Kier alpha value is -3.42. The molecular weight excluding hydrogens is 350 g/mol. The zero-order valence-corrected chi connectivity index (χ0v) is 15.8. The van der Waals surface area contributed by atoms with E-state index in [-0.39, 0.29) is 24.3 Å². The lowest BCUT2D eigenvalue weighted by atomic mass is 10.2. The maximum Gasteiger partial charge on any atom is 0.515 e. The number of benzene rings is 1. The molecule has 0 fully saturated rings. The molecule has 0 atom stereocenters. The molecule has 0 aromatic heterocycles. The standard InChI is InChI=1S/C19H23N3O5/c1-5-15(18(24)22(3)4)7-6-12-20-13-26-19(25)27-17-10-8-16(9-11-17)21-14(2)23/h5-12H,13H2,1-4H3,(H,21,23)/b7-6-,15-5+,20-12+. The molecule has 0 radical (unpaired) electrons. The van der Waals surface area contributed by atoms with Crippen LogP contribution < -0.4 is 10.1 Å². The third-order valence-electron chi connectivity index (χ3n) is 3.06. The molecule has 0 aliphatic carbocycles. The molecule has 1 rings (SSSR count). The highest BCUT2D eigenvalue weighted by molar-refractivity contribution is 5.96. The van der Waals surface area contributed by atoms with Crippen molar-refractivity contribution in [3.05, 3.63) is 48.1 Å². The number of amides is 2. The Kier molecular flexibility index (Phi) is 9.01. The summed E-state index contributed by atoms with van der Waals surface area (Å²) < 4.78 is 9.78. The smallest absolute Gasteiger partial charge is 0.411 e. The SMILES string of the molecule is C\C=C(/C=C\C=N\COC(=O)Oc1ccc(NC(C)=O)cc1)C(=O)N(C)C. The lowest BCUT2D eigenvalue weighted by Gasteiger charge is -2.09. The van der Waals surface area contributed by atoms with Crippen molar-refractivity contribution in [1.29, 1.82) is 0 Å². The van der Waals surface area contributed by atoms with Crippen molar-refractivity contribution in [1.82, 2.24) is 4.90 Å². The molecule has 1 N–H and O–H groups in total. The van der Waals surface area contributed by atoms with Crippen molar-refractivity contribution >= 4 is 29.9 Å². The number of anilines is 1. The molecule has 144 valence electrons. The quantitative estimate of drug-likeness (QED) is 0.261. The van der Waals surface area contributed by atoms with Crippen LogP contribution in [0, 0.1) is 0 Å². The van der Waals surface area contributed by atoms with Gasteiger partial charge >= 0.3 is 6.16 Å². The summed E-state index contributed by atoms with van der Waals surface area (Å²) in [7, 11) is 3.33. The van der Waals surface area contributed by atoms with Gasteiger partial charge in [0, 0.05) is 38.5 Å². The van der Waals surface area contributed by atoms with E-state index in [1.54, 1.807) is 51.4 Å². The molecule has 0 saturated carbocycles. The average Bonchev–Trinajstić information content (AvgIpc) is 2.61. The van der Waals surface area contributed by atoms with Crippen molar-refractivity contribution in [2.24, 2.45) is 4.99 Å². The fourth-order valence-electron chi connectivity index (χ4n) is 1.83. The summed E-state index contributed by atoms with van der Waals surface area (Å²) in [6.07, 6.45) is 5.40. The molecule has 2 amide bonds.